The van der Waals surface area contributed by atoms with Gasteiger partial charge in [-0.1, -0.05) is 30.0 Å². The van der Waals surface area contributed by atoms with Crippen LogP contribution in [0, 0.1) is 13.8 Å². The number of aromatic nitrogens is 4. The third-order valence-corrected chi connectivity index (χ3v) is 5.93. The molecule has 28 heavy (non-hydrogen) atoms. The number of nitrogens with zero attached hydrogens (tertiary/aromatic N) is 5. The van der Waals surface area contributed by atoms with Crippen LogP contribution in [-0.2, 0) is 9.53 Å². The van der Waals surface area contributed by atoms with Gasteiger partial charge in [0.25, 0.3) is 0 Å². The summed E-state index contributed by atoms with van der Waals surface area (Å²) in [4.78, 5) is 14.7. The number of amides is 1. The van der Waals surface area contributed by atoms with Crippen LogP contribution in [0.4, 0.5) is 0 Å². The molecule has 1 aromatic heterocycles. The van der Waals surface area contributed by atoms with E-state index in [1.165, 1.54) is 11.8 Å². The molecule has 0 bridgehead atoms. The Kier molecular flexibility index (Phi) is 6.69. The zero-order valence-electron chi connectivity index (χ0n) is 16.9. The lowest BCUT2D eigenvalue weighted by Crippen LogP contribution is -2.55. The monoisotopic (exact) mass is 404 g/mol. The van der Waals surface area contributed by atoms with Crippen LogP contribution in [0.1, 0.15) is 25.0 Å². The van der Waals surface area contributed by atoms with Gasteiger partial charge in [0.2, 0.25) is 11.1 Å². The quantitative estimate of drug-likeness (QED) is 0.702. The predicted octanol–water partition coefficient (Wildman–Crippen LogP) is 1.60. The number of benzene rings is 1. The van der Waals surface area contributed by atoms with Crippen LogP contribution in [0.5, 0.6) is 0 Å². The Morgan fingerprint density at radius 2 is 1.93 bits per heavy atom. The van der Waals surface area contributed by atoms with Crippen molar-refractivity contribution in [3.8, 4) is 5.69 Å². The summed E-state index contributed by atoms with van der Waals surface area (Å²) in [6.07, 6.45) is 0. The third kappa shape index (κ3) is 4.89. The van der Waals surface area contributed by atoms with Crippen LogP contribution in [0.25, 0.3) is 5.69 Å². The second-order valence-electron chi connectivity index (χ2n) is 7.59. The fraction of sp³-hybridized carbons (Fsp3) is 0.579. The number of carbonyl (C=O) groups is 1. The van der Waals surface area contributed by atoms with E-state index >= 15 is 0 Å². The van der Waals surface area contributed by atoms with E-state index in [1.54, 1.807) is 4.68 Å². The van der Waals surface area contributed by atoms with Gasteiger partial charge in [0.15, 0.2) is 0 Å². The first-order valence-corrected chi connectivity index (χ1v) is 10.4. The summed E-state index contributed by atoms with van der Waals surface area (Å²) in [7, 11) is 0. The Morgan fingerprint density at radius 3 is 2.61 bits per heavy atom. The maximum Gasteiger partial charge on any atom is 0.230 e. The standard InChI is InChI=1S/C19H28N6O2S/c1-14-6-5-7-15(2)17(14)25-18(21-22-23-25)28-12-16(26)20-13-19(3,4)24-8-10-27-11-9-24/h5-7H,8-13H2,1-4H3,(H,20,26). The molecule has 1 saturated heterocycles. The molecule has 152 valence electrons. The number of para-hydroxylation sites is 1. The van der Waals surface area contributed by atoms with E-state index in [-0.39, 0.29) is 17.2 Å². The van der Waals surface area contributed by atoms with E-state index < -0.39 is 0 Å². The first-order valence-electron chi connectivity index (χ1n) is 9.46. The molecule has 0 aliphatic carbocycles. The summed E-state index contributed by atoms with van der Waals surface area (Å²) in [5.41, 5.74) is 3.03. The molecule has 2 aromatic rings. The van der Waals surface area contributed by atoms with Gasteiger partial charge >= 0.3 is 0 Å². The lowest BCUT2D eigenvalue weighted by atomic mass is 10.0. The number of aryl methyl sites for hydroxylation is 2. The zero-order chi connectivity index (χ0) is 20.1. The summed E-state index contributed by atoms with van der Waals surface area (Å²) in [5.74, 6) is 0.243. The molecule has 1 aliphatic rings. The maximum absolute atomic E-state index is 12.4. The minimum atomic E-state index is -0.107. The van der Waals surface area contributed by atoms with Gasteiger partial charge in [0, 0.05) is 25.2 Å². The number of rotatable bonds is 7. The number of nitrogens with one attached hydrogen (secondary N) is 1. The summed E-state index contributed by atoms with van der Waals surface area (Å²) < 4.78 is 7.12. The zero-order valence-corrected chi connectivity index (χ0v) is 17.8. The molecule has 0 atom stereocenters. The van der Waals surface area contributed by atoms with Gasteiger partial charge in [-0.3, -0.25) is 9.69 Å². The van der Waals surface area contributed by atoms with Gasteiger partial charge in [0.05, 0.1) is 24.7 Å². The van der Waals surface area contributed by atoms with Crippen LogP contribution >= 0.6 is 11.8 Å². The van der Waals surface area contributed by atoms with Crippen molar-refractivity contribution < 1.29 is 9.53 Å². The van der Waals surface area contributed by atoms with Gasteiger partial charge in [-0.2, -0.15) is 4.68 Å². The second-order valence-corrected chi connectivity index (χ2v) is 8.53. The first-order chi connectivity index (χ1) is 13.4. The van der Waals surface area contributed by atoms with E-state index in [2.05, 4.69) is 39.6 Å². The topological polar surface area (TPSA) is 85.2 Å². The first kappa shape index (κ1) is 20.8. The number of hydrogen-bond donors (Lipinski definition) is 1. The molecule has 1 amide bonds. The molecule has 2 heterocycles. The Morgan fingerprint density at radius 1 is 1.25 bits per heavy atom. The highest BCUT2D eigenvalue weighted by Crippen LogP contribution is 2.23. The van der Waals surface area contributed by atoms with Crippen LogP contribution in [0.15, 0.2) is 23.4 Å². The molecule has 8 nitrogen and oxygen atoms in total. The minimum absolute atomic E-state index is 0.0256. The largest absolute Gasteiger partial charge is 0.379 e. The molecule has 0 unspecified atom stereocenters. The number of morpholine rings is 1. The number of thioether (sulfide) groups is 1. The van der Waals surface area contributed by atoms with Crippen molar-refractivity contribution in [1.82, 2.24) is 30.4 Å². The molecule has 1 aromatic carbocycles. The maximum atomic E-state index is 12.4. The number of hydrogen-bond acceptors (Lipinski definition) is 7. The number of ether oxygens (including phenoxy) is 1. The van der Waals surface area contributed by atoms with Gasteiger partial charge in [-0.25, -0.2) is 0 Å². The van der Waals surface area contributed by atoms with E-state index in [0.717, 1.165) is 43.1 Å². The van der Waals surface area contributed by atoms with E-state index in [1.807, 2.05) is 32.0 Å². The fourth-order valence-electron chi connectivity index (χ4n) is 3.33. The van der Waals surface area contributed by atoms with E-state index in [9.17, 15) is 4.79 Å². The van der Waals surface area contributed by atoms with Crippen molar-refractivity contribution in [2.24, 2.45) is 0 Å². The molecule has 0 radical (unpaired) electrons. The highest BCUT2D eigenvalue weighted by molar-refractivity contribution is 7.99. The average molecular weight is 405 g/mol. The van der Waals surface area contributed by atoms with Crippen LogP contribution < -0.4 is 5.32 Å². The van der Waals surface area contributed by atoms with Crippen molar-refractivity contribution in [2.75, 3.05) is 38.6 Å². The third-order valence-electron chi connectivity index (χ3n) is 5.01. The summed E-state index contributed by atoms with van der Waals surface area (Å²) in [6.45, 7) is 12.2. The molecule has 0 saturated carbocycles. The van der Waals surface area contributed by atoms with Gasteiger partial charge in [-0.05, 0) is 49.2 Å². The fourth-order valence-corrected chi connectivity index (χ4v) is 4.03. The molecule has 1 N–H and O–H groups in total. The normalized spacial score (nSPS) is 15.6. The van der Waals surface area contributed by atoms with Gasteiger partial charge in [0.1, 0.15) is 0 Å². The average Bonchev–Trinajstić information content (AvgIpc) is 3.13. The molecule has 0 spiro atoms. The van der Waals surface area contributed by atoms with Crippen molar-refractivity contribution in [1.29, 1.82) is 0 Å². The summed E-state index contributed by atoms with van der Waals surface area (Å²) >= 11 is 1.34. The summed E-state index contributed by atoms with van der Waals surface area (Å²) in [6, 6.07) is 6.06. The number of tetrazole rings is 1. The van der Waals surface area contributed by atoms with Crippen LogP contribution in [-0.4, -0.2) is 75.2 Å². The Balaban J connectivity index is 1.56. The molecule has 3 rings (SSSR count). The molecule has 1 aliphatic heterocycles. The molecular weight excluding hydrogens is 376 g/mol. The van der Waals surface area contributed by atoms with Crippen molar-refractivity contribution >= 4 is 17.7 Å². The Labute approximate surface area is 170 Å². The van der Waals surface area contributed by atoms with Crippen molar-refractivity contribution in [3.63, 3.8) is 0 Å². The highest BCUT2D eigenvalue weighted by Gasteiger charge is 2.28. The Bertz CT molecular complexity index is 796. The molecule has 9 heteroatoms. The minimum Gasteiger partial charge on any atom is -0.379 e. The smallest absolute Gasteiger partial charge is 0.230 e. The summed E-state index contributed by atoms with van der Waals surface area (Å²) in [5, 5.41) is 15.7. The van der Waals surface area contributed by atoms with Gasteiger partial charge < -0.3 is 10.1 Å². The van der Waals surface area contributed by atoms with Crippen molar-refractivity contribution in [2.45, 2.75) is 38.4 Å². The van der Waals surface area contributed by atoms with Crippen molar-refractivity contribution in [3.05, 3.63) is 29.3 Å². The van der Waals surface area contributed by atoms with Gasteiger partial charge in [-0.15, -0.1) is 5.10 Å². The van der Waals surface area contributed by atoms with E-state index in [0.29, 0.717) is 11.7 Å². The Hall–Kier alpha value is -1.97. The van der Waals surface area contributed by atoms with E-state index in [4.69, 9.17) is 4.74 Å². The SMILES string of the molecule is Cc1cccc(C)c1-n1nnnc1SCC(=O)NCC(C)(C)N1CCOCC1. The predicted molar refractivity (Wildman–Crippen MR) is 109 cm³/mol. The molecular formula is C19H28N6O2S. The lowest BCUT2D eigenvalue weighted by Gasteiger charge is -2.40. The second kappa shape index (κ2) is 9.02. The molecule has 1 fully saturated rings. The highest BCUT2D eigenvalue weighted by atomic mass is 32.2. The lowest BCUT2D eigenvalue weighted by molar-refractivity contribution is -0.119. The van der Waals surface area contributed by atoms with Crippen LogP contribution in [0.2, 0.25) is 0 Å². The number of carbonyl (C=O) groups excluding carboxylic acids is 1. The van der Waals surface area contributed by atoms with Crippen LogP contribution in [0.3, 0.4) is 0 Å².